The van der Waals surface area contributed by atoms with Crippen molar-refractivity contribution in [2.45, 2.75) is 20.3 Å². The van der Waals surface area contributed by atoms with Crippen LogP contribution in [0.2, 0.25) is 0 Å². The van der Waals surface area contributed by atoms with Gasteiger partial charge in [0.1, 0.15) is 0 Å². The zero-order valence-corrected chi connectivity index (χ0v) is 11.3. The summed E-state index contributed by atoms with van der Waals surface area (Å²) in [6.45, 7) is 3.90. The van der Waals surface area contributed by atoms with Crippen molar-refractivity contribution in [2.75, 3.05) is 6.61 Å². The summed E-state index contributed by atoms with van der Waals surface area (Å²) in [5.74, 6) is -0.0618. The van der Waals surface area contributed by atoms with Crippen LogP contribution in [-0.4, -0.2) is 17.6 Å². The molecule has 5 nitrogen and oxygen atoms in total. The van der Waals surface area contributed by atoms with Gasteiger partial charge in [0.2, 0.25) is 11.7 Å². The molecule has 0 N–H and O–H groups in total. The molecular weight excluding hydrogens is 256 g/mol. The Balaban J connectivity index is 2.43. The molecule has 1 heterocycles. The SMILES string of the molecule is CCOC(=O)c1oc(-c2cccc(C#N)c2)nc1CC. The molecule has 0 amide bonds. The smallest absolute Gasteiger partial charge is 0.376 e. The number of hydrogen-bond acceptors (Lipinski definition) is 5. The van der Waals surface area contributed by atoms with E-state index in [-0.39, 0.29) is 12.4 Å². The number of hydrogen-bond donors (Lipinski definition) is 0. The maximum atomic E-state index is 11.8. The van der Waals surface area contributed by atoms with Gasteiger partial charge in [-0.2, -0.15) is 5.26 Å². The molecule has 20 heavy (non-hydrogen) atoms. The van der Waals surface area contributed by atoms with Gasteiger partial charge in [-0.25, -0.2) is 9.78 Å². The number of rotatable bonds is 4. The molecule has 0 saturated carbocycles. The molecule has 1 aromatic carbocycles. The average Bonchev–Trinajstić information content (AvgIpc) is 2.92. The topological polar surface area (TPSA) is 76.1 Å². The number of esters is 1. The van der Waals surface area contributed by atoms with Crippen molar-refractivity contribution in [1.29, 1.82) is 5.26 Å². The maximum Gasteiger partial charge on any atom is 0.376 e. The molecule has 0 aliphatic rings. The van der Waals surface area contributed by atoms with E-state index in [0.717, 1.165) is 0 Å². The van der Waals surface area contributed by atoms with Gasteiger partial charge >= 0.3 is 5.97 Å². The van der Waals surface area contributed by atoms with Crippen LogP contribution >= 0.6 is 0 Å². The van der Waals surface area contributed by atoms with Crippen LogP contribution in [0.1, 0.15) is 35.7 Å². The molecule has 102 valence electrons. The second-order valence-electron chi connectivity index (χ2n) is 4.06. The largest absolute Gasteiger partial charge is 0.460 e. The van der Waals surface area contributed by atoms with Crippen molar-refractivity contribution >= 4 is 5.97 Å². The van der Waals surface area contributed by atoms with Crippen LogP contribution < -0.4 is 0 Å². The predicted octanol–water partition coefficient (Wildman–Crippen LogP) is 2.95. The van der Waals surface area contributed by atoms with Crippen molar-refractivity contribution in [3.05, 3.63) is 41.3 Å². The van der Waals surface area contributed by atoms with E-state index in [1.165, 1.54) is 0 Å². The molecule has 2 aromatic rings. The van der Waals surface area contributed by atoms with Gasteiger partial charge in [0.05, 0.1) is 23.9 Å². The van der Waals surface area contributed by atoms with Gasteiger partial charge in [-0.1, -0.05) is 13.0 Å². The summed E-state index contributed by atoms with van der Waals surface area (Å²) in [7, 11) is 0. The summed E-state index contributed by atoms with van der Waals surface area (Å²) in [6.07, 6.45) is 0.565. The summed E-state index contributed by atoms with van der Waals surface area (Å²) >= 11 is 0. The van der Waals surface area contributed by atoms with Gasteiger partial charge in [0.25, 0.3) is 0 Å². The van der Waals surface area contributed by atoms with Crippen molar-refractivity contribution < 1.29 is 13.9 Å². The molecule has 0 atom stereocenters. The normalized spacial score (nSPS) is 10.1. The van der Waals surface area contributed by atoms with Crippen molar-refractivity contribution in [2.24, 2.45) is 0 Å². The first-order valence-electron chi connectivity index (χ1n) is 6.37. The lowest BCUT2D eigenvalue weighted by molar-refractivity contribution is 0.0489. The quantitative estimate of drug-likeness (QED) is 0.798. The molecular formula is C15H14N2O3. The van der Waals surface area contributed by atoms with E-state index in [1.807, 2.05) is 6.92 Å². The van der Waals surface area contributed by atoms with Crippen LogP contribution in [0.5, 0.6) is 0 Å². The first-order chi connectivity index (χ1) is 9.69. The standard InChI is InChI=1S/C15H14N2O3/c1-3-12-13(15(18)19-4-2)20-14(17-12)11-7-5-6-10(8-11)9-16/h5-8H,3-4H2,1-2H3. The van der Waals surface area contributed by atoms with Gasteiger partial charge in [0, 0.05) is 5.56 Å². The minimum atomic E-state index is -0.514. The number of oxazole rings is 1. The van der Waals surface area contributed by atoms with Gasteiger partial charge in [0.15, 0.2) is 0 Å². The third-order valence-electron chi connectivity index (χ3n) is 2.73. The molecule has 0 saturated heterocycles. The number of benzene rings is 1. The van der Waals surface area contributed by atoms with E-state index in [1.54, 1.807) is 31.2 Å². The summed E-state index contributed by atoms with van der Waals surface area (Å²) in [5, 5.41) is 8.90. The van der Waals surface area contributed by atoms with Gasteiger partial charge in [-0.05, 0) is 31.5 Å². The monoisotopic (exact) mass is 270 g/mol. The second kappa shape index (κ2) is 6.02. The minimum Gasteiger partial charge on any atom is -0.460 e. The first kappa shape index (κ1) is 13.8. The van der Waals surface area contributed by atoms with E-state index in [4.69, 9.17) is 14.4 Å². The molecule has 2 rings (SSSR count). The zero-order chi connectivity index (χ0) is 14.5. The predicted molar refractivity (Wildman–Crippen MR) is 72.0 cm³/mol. The average molecular weight is 270 g/mol. The van der Waals surface area contributed by atoms with E-state index in [0.29, 0.717) is 29.1 Å². The number of ether oxygens (including phenoxy) is 1. The van der Waals surface area contributed by atoms with E-state index >= 15 is 0 Å². The Labute approximate surface area is 116 Å². The number of nitriles is 1. The number of nitrogens with zero attached hydrogens (tertiary/aromatic N) is 2. The number of aromatic nitrogens is 1. The lowest BCUT2D eigenvalue weighted by atomic mass is 10.1. The number of carbonyl (C=O) groups excluding carboxylic acids is 1. The zero-order valence-electron chi connectivity index (χ0n) is 11.3. The lowest BCUT2D eigenvalue weighted by Crippen LogP contribution is -2.05. The molecule has 0 radical (unpaired) electrons. The third-order valence-corrected chi connectivity index (χ3v) is 2.73. The Hall–Kier alpha value is -2.61. The van der Waals surface area contributed by atoms with E-state index in [2.05, 4.69) is 11.1 Å². The van der Waals surface area contributed by atoms with Crippen molar-refractivity contribution in [1.82, 2.24) is 4.98 Å². The Morgan fingerprint density at radius 1 is 1.45 bits per heavy atom. The summed E-state index contributed by atoms with van der Waals surface area (Å²) in [6, 6.07) is 8.94. The van der Waals surface area contributed by atoms with E-state index < -0.39 is 5.97 Å². The highest BCUT2D eigenvalue weighted by molar-refractivity contribution is 5.88. The number of aryl methyl sites for hydroxylation is 1. The molecule has 0 aliphatic carbocycles. The maximum absolute atomic E-state index is 11.8. The molecule has 5 heteroatoms. The second-order valence-corrected chi connectivity index (χ2v) is 4.06. The Morgan fingerprint density at radius 3 is 2.90 bits per heavy atom. The molecule has 0 unspecified atom stereocenters. The molecule has 1 aromatic heterocycles. The van der Waals surface area contributed by atoms with E-state index in [9.17, 15) is 4.79 Å². The highest BCUT2D eigenvalue weighted by Crippen LogP contribution is 2.23. The highest BCUT2D eigenvalue weighted by atomic mass is 16.5. The molecule has 0 aliphatic heterocycles. The van der Waals surface area contributed by atoms with Gasteiger partial charge in [-0.3, -0.25) is 0 Å². The number of carbonyl (C=O) groups is 1. The molecule has 0 bridgehead atoms. The Bertz CT molecular complexity index is 668. The van der Waals surface area contributed by atoms with Crippen LogP contribution in [0.3, 0.4) is 0 Å². The summed E-state index contributed by atoms with van der Waals surface area (Å²) in [4.78, 5) is 16.1. The van der Waals surface area contributed by atoms with Crippen LogP contribution in [-0.2, 0) is 11.2 Å². The van der Waals surface area contributed by atoms with Gasteiger partial charge < -0.3 is 9.15 Å². The fraction of sp³-hybridized carbons (Fsp3) is 0.267. The minimum absolute atomic E-state index is 0.131. The fourth-order valence-corrected chi connectivity index (χ4v) is 1.79. The Kier molecular flexibility index (Phi) is 4.16. The van der Waals surface area contributed by atoms with Gasteiger partial charge in [-0.15, -0.1) is 0 Å². The Morgan fingerprint density at radius 2 is 2.25 bits per heavy atom. The summed E-state index contributed by atoms with van der Waals surface area (Å²) in [5.41, 5.74) is 1.73. The highest BCUT2D eigenvalue weighted by Gasteiger charge is 2.21. The molecule has 0 spiro atoms. The first-order valence-corrected chi connectivity index (χ1v) is 6.37. The fourth-order valence-electron chi connectivity index (χ4n) is 1.79. The van der Waals surface area contributed by atoms with Crippen LogP contribution in [0, 0.1) is 11.3 Å². The van der Waals surface area contributed by atoms with Crippen molar-refractivity contribution in [3.63, 3.8) is 0 Å². The molecule has 0 fully saturated rings. The lowest BCUT2D eigenvalue weighted by Gasteiger charge is -1.98. The van der Waals surface area contributed by atoms with Crippen molar-refractivity contribution in [3.8, 4) is 17.5 Å². The third kappa shape index (κ3) is 2.69. The summed E-state index contributed by atoms with van der Waals surface area (Å²) < 4.78 is 10.5. The van der Waals surface area contributed by atoms with Crippen LogP contribution in [0.4, 0.5) is 0 Å². The van der Waals surface area contributed by atoms with Crippen LogP contribution in [0.25, 0.3) is 11.5 Å². The van der Waals surface area contributed by atoms with Crippen LogP contribution in [0.15, 0.2) is 28.7 Å².